The van der Waals surface area contributed by atoms with E-state index in [2.05, 4.69) is 59.4 Å². The average Bonchev–Trinajstić information content (AvgIpc) is 3.14. The lowest BCUT2D eigenvalue weighted by Gasteiger charge is -2.18. The van der Waals surface area contributed by atoms with Crippen molar-refractivity contribution in [2.24, 2.45) is 0 Å². The monoisotopic (exact) mass is 321 g/mol. The zero-order chi connectivity index (χ0) is 16.9. The van der Waals surface area contributed by atoms with Crippen LogP contribution in [0.5, 0.6) is 0 Å². The third-order valence-electron chi connectivity index (χ3n) is 4.01. The van der Waals surface area contributed by atoms with E-state index in [0.717, 1.165) is 23.6 Å². The first-order valence-corrected chi connectivity index (χ1v) is 8.28. The molecule has 1 unspecified atom stereocenters. The Hall–Kier alpha value is -2.53. The van der Waals surface area contributed by atoms with Crippen LogP contribution in [0.15, 0.2) is 55.1 Å². The van der Waals surface area contributed by atoms with Gasteiger partial charge in [0.1, 0.15) is 5.82 Å². The first-order chi connectivity index (χ1) is 11.6. The van der Waals surface area contributed by atoms with Crippen LogP contribution in [0.25, 0.3) is 5.69 Å². The second-order valence-electron chi connectivity index (χ2n) is 6.22. The topological polar surface area (TPSA) is 55.6 Å². The van der Waals surface area contributed by atoms with E-state index >= 15 is 0 Å². The van der Waals surface area contributed by atoms with Crippen molar-refractivity contribution in [2.75, 3.05) is 0 Å². The number of rotatable bonds is 6. The van der Waals surface area contributed by atoms with Crippen molar-refractivity contribution in [3.63, 3.8) is 0 Å². The van der Waals surface area contributed by atoms with Crippen LogP contribution in [0.4, 0.5) is 0 Å². The molecule has 2 heterocycles. The highest BCUT2D eigenvalue weighted by atomic mass is 15.3. The van der Waals surface area contributed by atoms with Crippen LogP contribution in [0.1, 0.15) is 49.7 Å². The Morgan fingerprint density at radius 1 is 1.04 bits per heavy atom. The van der Waals surface area contributed by atoms with Crippen molar-refractivity contribution in [3.8, 4) is 5.69 Å². The lowest BCUT2D eigenvalue weighted by Crippen LogP contribution is -2.20. The molecular formula is C19H23N5. The normalized spacial score (nSPS) is 12.5. The number of para-hydroxylation sites is 1. The highest BCUT2D eigenvalue weighted by Crippen LogP contribution is 2.21. The molecule has 0 bridgehead atoms. The Morgan fingerprint density at radius 2 is 1.79 bits per heavy atom. The molecule has 0 saturated heterocycles. The molecule has 5 nitrogen and oxygen atoms in total. The van der Waals surface area contributed by atoms with E-state index in [4.69, 9.17) is 0 Å². The summed E-state index contributed by atoms with van der Waals surface area (Å²) in [6, 6.07) is 10.4. The van der Waals surface area contributed by atoms with Crippen molar-refractivity contribution in [1.29, 1.82) is 0 Å². The standard InChI is InChI=1S/C19H23N5/c1-14(2)19-21-12-16(13-22-19)11-20-15(3)17-7-4-5-8-18(17)24-10-6-9-23-24/h4-10,12-15,20H,11H2,1-3H3. The van der Waals surface area contributed by atoms with Crippen LogP contribution in [-0.4, -0.2) is 19.7 Å². The fraction of sp³-hybridized carbons (Fsp3) is 0.316. The summed E-state index contributed by atoms with van der Waals surface area (Å²) in [4.78, 5) is 8.84. The number of benzene rings is 1. The molecule has 0 aliphatic rings. The summed E-state index contributed by atoms with van der Waals surface area (Å²) in [5.41, 5.74) is 3.39. The number of nitrogens with one attached hydrogen (secondary N) is 1. The predicted molar refractivity (Wildman–Crippen MR) is 94.9 cm³/mol. The second-order valence-corrected chi connectivity index (χ2v) is 6.22. The Morgan fingerprint density at radius 3 is 2.46 bits per heavy atom. The molecule has 5 heteroatoms. The van der Waals surface area contributed by atoms with E-state index in [1.165, 1.54) is 5.56 Å². The zero-order valence-corrected chi connectivity index (χ0v) is 14.3. The number of hydrogen-bond acceptors (Lipinski definition) is 4. The largest absolute Gasteiger partial charge is 0.306 e. The summed E-state index contributed by atoms with van der Waals surface area (Å²) in [5.74, 6) is 1.24. The predicted octanol–water partition coefficient (Wildman–Crippen LogP) is 3.64. The molecule has 1 aromatic carbocycles. The SMILES string of the molecule is CC(C)c1ncc(CNC(C)c2ccccc2-n2cccn2)cn1. The molecule has 0 fully saturated rings. The number of aromatic nitrogens is 4. The van der Waals surface area contributed by atoms with Gasteiger partial charge in [0, 0.05) is 48.9 Å². The Labute approximate surface area is 142 Å². The van der Waals surface area contributed by atoms with Gasteiger partial charge in [0.25, 0.3) is 0 Å². The molecule has 2 aromatic heterocycles. The van der Waals surface area contributed by atoms with E-state index in [1.54, 1.807) is 6.20 Å². The third-order valence-corrected chi connectivity index (χ3v) is 4.01. The van der Waals surface area contributed by atoms with Crippen LogP contribution in [0.2, 0.25) is 0 Å². The van der Waals surface area contributed by atoms with Crippen LogP contribution < -0.4 is 5.32 Å². The van der Waals surface area contributed by atoms with Gasteiger partial charge in [0.05, 0.1) is 5.69 Å². The fourth-order valence-corrected chi connectivity index (χ4v) is 2.61. The lowest BCUT2D eigenvalue weighted by atomic mass is 10.1. The van der Waals surface area contributed by atoms with Gasteiger partial charge in [-0.2, -0.15) is 5.10 Å². The van der Waals surface area contributed by atoms with E-state index in [1.807, 2.05) is 35.4 Å². The molecule has 0 saturated carbocycles. The summed E-state index contributed by atoms with van der Waals surface area (Å²) in [6.45, 7) is 7.09. The van der Waals surface area contributed by atoms with Crippen LogP contribution in [0.3, 0.4) is 0 Å². The minimum atomic E-state index is 0.190. The molecule has 124 valence electrons. The molecule has 3 aromatic rings. The number of hydrogen-bond donors (Lipinski definition) is 1. The van der Waals surface area contributed by atoms with Gasteiger partial charge >= 0.3 is 0 Å². The first-order valence-electron chi connectivity index (χ1n) is 8.28. The zero-order valence-electron chi connectivity index (χ0n) is 14.3. The van der Waals surface area contributed by atoms with Crippen molar-refractivity contribution in [3.05, 3.63) is 72.1 Å². The van der Waals surface area contributed by atoms with Gasteiger partial charge in [-0.15, -0.1) is 0 Å². The summed E-state index contributed by atoms with van der Waals surface area (Å²) in [5, 5.41) is 7.89. The molecule has 1 atom stereocenters. The van der Waals surface area contributed by atoms with Gasteiger partial charge in [0.2, 0.25) is 0 Å². The number of nitrogens with zero attached hydrogens (tertiary/aromatic N) is 4. The third kappa shape index (κ3) is 3.68. The van der Waals surface area contributed by atoms with Crippen molar-refractivity contribution in [2.45, 2.75) is 39.3 Å². The Bertz CT molecular complexity index is 763. The Balaban J connectivity index is 1.70. The molecular weight excluding hydrogens is 298 g/mol. The maximum Gasteiger partial charge on any atom is 0.130 e. The molecule has 0 amide bonds. The van der Waals surface area contributed by atoms with Gasteiger partial charge in [0.15, 0.2) is 0 Å². The van der Waals surface area contributed by atoms with Gasteiger partial charge in [-0.3, -0.25) is 0 Å². The molecule has 0 spiro atoms. The van der Waals surface area contributed by atoms with Gasteiger partial charge < -0.3 is 5.32 Å². The summed E-state index contributed by atoms with van der Waals surface area (Å²) in [6.07, 6.45) is 7.56. The molecule has 3 rings (SSSR count). The lowest BCUT2D eigenvalue weighted by molar-refractivity contribution is 0.567. The van der Waals surface area contributed by atoms with E-state index in [9.17, 15) is 0 Å². The quantitative estimate of drug-likeness (QED) is 0.753. The van der Waals surface area contributed by atoms with Gasteiger partial charge in [-0.25, -0.2) is 14.6 Å². The smallest absolute Gasteiger partial charge is 0.130 e. The van der Waals surface area contributed by atoms with Gasteiger partial charge in [-0.1, -0.05) is 32.0 Å². The van der Waals surface area contributed by atoms with Crippen molar-refractivity contribution < 1.29 is 0 Å². The minimum Gasteiger partial charge on any atom is -0.306 e. The van der Waals surface area contributed by atoms with Crippen LogP contribution in [0, 0.1) is 0 Å². The van der Waals surface area contributed by atoms with Crippen LogP contribution in [-0.2, 0) is 6.54 Å². The van der Waals surface area contributed by atoms with Gasteiger partial charge in [-0.05, 0) is 24.6 Å². The summed E-state index contributed by atoms with van der Waals surface area (Å²) >= 11 is 0. The van der Waals surface area contributed by atoms with E-state index < -0.39 is 0 Å². The maximum atomic E-state index is 4.42. The molecule has 0 radical (unpaired) electrons. The van der Waals surface area contributed by atoms with Crippen molar-refractivity contribution in [1.82, 2.24) is 25.1 Å². The molecule has 1 N–H and O–H groups in total. The molecule has 0 aliphatic carbocycles. The summed E-state index contributed by atoms with van der Waals surface area (Å²) < 4.78 is 1.90. The van der Waals surface area contributed by atoms with Crippen molar-refractivity contribution >= 4 is 0 Å². The fourth-order valence-electron chi connectivity index (χ4n) is 2.61. The highest BCUT2D eigenvalue weighted by Gasteiger charge is 2.11. The van der Waals surface area contributed by atoms with Crippen LogP contribution >= 0.6 is 0 Å². The Kier molecular flexibility index (Phi) is 5.01. The average molecular weight is 321 g/mol. The second kappa shape index (κ2) is 7.36. The highest BCUT2D eigenvalue weighted by molar-refractivity contribution is 5.42. The minimum absolute atomic E-state index is 0.190. The molecule has 0 aliphatic heterocycles. The first kappa shape index (κ1) is 16.3. The van der Waals surface area contributed by atoms with E-state index in [-0.39, 0.29) is 6.04 Å². The van der Waals surface area contributed by atoms with E-state index in [0.29, 0.717) is 5.92 Å². The summed E-state index contributed by atoms with van der Waals surface area (Å²) in [7, 11) is 0. The maximum absolute atomic E-state index is 4.42. The molecule has 24 heavy (non-hydrogen) atoms.